The van der Waals surface area contributed by atoms with Gasteiger partial charge in [0.25, 0.3) is 0 Å². The number of hydrogen-bond donors (Lipinski definition) is 2. The number of amides is 1. The van der Waals surface area contributed by atoms with Crippen molar-refractivity contribution in [1.29, 1.82) is 0 Å². The van der Waals surface area contributed by atoms with Gasteiger partial charge in [0.1, 0.15) is 0 Å². The number of nitrogens with two attached hydrogens (primary N) is 1. The first-order chi connectivity index (χ1) is 9.58. The molecule has 1 aromatic carbocycles. The van der Waals surface area contributed by atoms with E-state index < -0.39 is 0 Å². The van der Waals surface area contributed by atoms with Gasteiger partial charge in [-0.2, -0.15) is 0 Å². The number of carbonyl (C=O) groups excluding carboxylic acids is 1. The van der Waals surface area contributed by atoms with Gasteiger partial charge in [-0.1, -0.05) is 18.2 Å². The van der Waals surface area contributed by atoms with Crippen LogP contribution in [0, 0.1) is 6.08 Å². The second-order valence-corrected chi connectivity index (χ2v) is 4.95. The maximum Gasteiger partial charge on any atom is 0.223 e. The lowest BCUT2D eigenvalue weighted by Gasteiger charge is -2.29. The van der Waals surface area contributed by atoms with Gasteiger partial charge in [-0.05, 0) is 6.07 Å². The van der Waals surface area contributed by atoms with Crippen molar-refractivity contribution >= 4 is 24.0 Å². The van der Waals surface area contributed by atoms with E-state index in [1.165, 1.54) is 6.92 Å². The molecule has 1 aromatic rings. The van der Waals surface area contributed by atoms with Gasteiger partial charge in [0.05, 0.1) is 30.0 Å². The molecule has 1 atom stereocenters. The summed E-state index contributed by atoms with van der Waals surface area (Å²) >= 11 is 0. The van der Waals surface area contributed by atoms with E-state index in [1.54, 1.807) is 0 Å². The fourth-order valence-corrected chi connectivity index (χ4v) is 2.64. The molecule has 6 heteroatoms. The lowest BCUT2D eigenvalue weighted by molar-refractivity contribution is -0.118. The second kappa shape index (κ2) is 6.95. The number of rotatable bonds is 1. The Labute approximate surface area is 142 Å². The van der Waals surface area contributed by atoms with Crippen molar-refractivity contribution in [3.05, 3.63) is 65.0 Å². The molecule has 0 saturated carbocycles. The lowest BCUT2D eigenvalue weighted by atomic mass is 9.89. The summed E-state index contributed by atoms with van der Waals surface area (Å²) < 4.78 is 0. The molecule has 1 amide bonds. The Balaban J connectivity index is 0.00000121. The van der Waals surface area contributed by atoms with E-state index in [9.17, 15) is 4.79 Å². The largest absolute Gasteiger partial charge is 1.00 e. The van der Waals surface area contributed by atoms with Crippen LogP contribution in [0.4, 0.5) is 5.69 Å². The van der Waals surface area contributed by atoms with Crippen molar-refractivity contribution in [2.75, 3.05) is 11.9 Å². The first-order valence-corrected chi connectivity index (χ1v) is 6.50. The van der Waals surface area contributed by atoms with Crippen LogP contribution in [-0.2, 0) is 4.79 Å². The summed E-state index contributed by atoms with van der Waals surface area (Å²) in [6, 6.07) is 7.83. The summed E-state index contributed by atoms with van der Waals surface area (Å²) in [5.41, 5.74) is 11.1. The Morgan fingerprint density at radius 2 is 2.00 bits per heavy atom. The molecule has 2 aliphatic rings. The van der Waals surface area contributed by atoms with Crippen LogP contribution in [0.1, 0.15) is 18.5 Å². The summed E-state index contributed by atoms with van der Waals surface area (Å²) in [7, 11) is 2.01. The monoisotopic (exact) mass is 337 g/mol. The number of benzene rings is 1. The summed E-state index contributed by atoms with van der Waals surface area (Å²) in [6.07, 6.45) is 7.03. The van der Waals surface area contributed by atoms with Gasteiger partial charge in [0.15, 0.2) is 11.3 Å². The minimum atomic E-state index is -0.230. The smallest absolute Gasteiger partial charge is 0.223 e. The Bertz CT molecular complexity index is 680. The summed E-state index contributed by atoms with van der Waals surface area (Å²) in [5.74, 6) is -0.112. The second-order valence-electron chi connectivity index (χ2n) is 4.95. The van der Waals surface area contributed by atoms with E-state index in [-0.39, 0.29) is 36.8 Å². The summed E-state index contributed by atoms with van der Waals surface area (Å²) in [5, 5.41) is 2.75. The number of nitrogens with one attached hydrogen (secondary N) is 1. The third kappa shape index (κ3) is 3.01. The van der Waals surface area contributed by atoms with Gasteiger partial charge in [0, 0.05) is 19.5 Å². The molecule has 1 aliphatic heterocycles. The third-order valence-corrected chi connectivity index (χ3v) is 3.57. The highest BCUT2D eigenvalue weighted by Crippen LogP contribution is 2.39. The van der Waals surface area contributed by atoms with Crippen molar-refractivity contribution in [1.82, 2.24) is 5.32 Å². The number of likely N-dealkylation sites (N-methyl/N-ethyl adjacent to an activating group) is 1. The molecule has 0 bridgehead atoms. The third-order valence-electron chi connectivity index (χ3n) is 3.57. The van der Waals surface area contributed by atoms with E-state index in [4.69, 9.17) is 5.73 Å². The zero-order valence-electron chi connectivity index (χ0n) is 12.3. The average Bonchev–Trinajstić information content (AvgIpc) is 2.44. The molecule has 1 unspecified atom stereocenters. The number of hydrogen-bond acceptors (Lipinski definition) is 3. The normalized spacial score (nSPS) is 18.0. The van der Waals surface area contributed by atoms with Crippen LogP contribution in [0.25, 0.3) is 0 Å². The van der Waals surface area contributed by atoms with Crippen molar-refractivity contribution < 1.29 is 17.2 Å². The van der Waals surface area contributed by atoms with E-state index in [1.807, 2.05) is 37.4 Å². The fraction of sp³-hybridized carbons (Fsp3) is 0.188. The molecule has 0 fully saturated rings. The molecule has 1 aliphatic carbocycles. The topological polar surface area (TPSA) is 58.4 Å². The maximum absolute atomic E-state index is 11.2. The van der Waals surface area contributed by atoms with Crippen molar-refractivity contribution in [3.8, 4) is 0 Å². The Kier molecular flexibility index (Phi) is 5.75. The van der Waals surface area contributed by atoms with Crippen LogP contribution in [0.2, 0.25) is 0 Å². The average molecular weight is 338 g/mol. The number of carbonyl (C=O) groups is 1. The van der Waals surface area contributed by atoms with Crippen LogP contribution in [0.5, 0.6) is 0 Å². The summed E-state index contributed by atoms with van der Waals surface area (Å²) in [4.78, 5) is 13.3. The molecule has 116 valence electrons. The quantitative estimate of drug-likeness (QED) is 0.660. The number of para-hydroxylation sites is 1. The number of halogens is 2. The first-order valence-electron chi connectivity index (χ1n) is 6.50. The van der Waals surface area contributed by atoms with Gasteiger partial charge in [0.2, 0.25) is 11.6 Å². The van der Waals surface area contributed by atoms with Gasteiger partial charge in [-0.15, -0.1) is 12.4 Å². The number of allylic oxidation sites excluding steroid dienone is 2. The zero-order chi connectivity index (χ0) is 14.3. The van der Waals surface area contributed by atoms with Gasteiger partial charge in [-0.3, -0.25) is 15.0 Å². The van der Waals surface area contributed by atoms with Crippen LogP contribution >= 0.6 is 12.4 Å². The number of anilines is 1. The molecule has 4 nitrogen and oxygen atoms in total. The molecule has 0 saturated heterocycles. The Morgan fingerprint density at radius 3 is 2.68 bits per heavy atom. The molecule has 0 spiro atoms. The first kappa shape index (κ1) is 18.2. The molecule has 22 heavy (non-hydrogen) atoms. The minimum absolute atomic E-state index is 0. The van der Waals surface area contributed by atoms with Crippen molar-refractivity contribution in [2.24, 2.45) is 5.73 Å². The predicted octanol–water partition coefficient (Wildman–Crippen LogP) is -0.791. The Morgan fingerprint density at radius 1 is 1.32 bits per heavy atom. The van der Waals surface area contributed by atoms with Gasteiger partial charge in [-0.25, -0.2) is 0 Å². The van der Waals surface area contributed by atoms with Crippen LogP contribution in [-0.4, -0.2) is 13.0 Å². The van der Waals surface area contributed by atoms with Gasteiger partial charge >= 0.3 is 0 Å². The van der Waals surface area contributed by atoms with Crippen LogP contribution in [0.15, 0.2) is 53.4 Å². The molecule has 0 aromatic heterocycles. The highest BCUT2D eigenvalue weighted by molar-refractivity contribution is 5.85. The summed E-state index contributed by atoms with van der Waals surface area (Å²) in [6.45, 7) is 1.48. The molecule has 3 rings (SSSR count). The van der Waals surface area contributed by atoms with E-state index in [0.717, 1.165) is 22.5 Å². The minimum Gasteiger partial charge on any atom is -1.00 e. The fourth-order valence-electron chi connectivity index (χ4n) is 2.64. The molecule has 0 radical (unpaired) electrons. The standard InChI is InChI=1S/C16H15N3O.2ClH/c1-10(20)18-11-7-8-15-13(9-11)16(17)12-5-3-4-6-14(12)19(15)2;;/h3-8,16H,17H2,1-2H3;2*1H. The maximum atomic E-state index is 11.2. The molecular formula is C16H17Cl2N3O. The van der Waals surface area contributed by atoms with Gasteiger partial charge < -0.3 is 18.1 Å². The molecule has 3 N–H and O–H groups in total. The predicted molar refractivity (Wildman–Crippen MR) is 85.8 cm³/mol. The molecule has 1 heterocycles. The van der Waals surface area contributed by atoms with Crippen molar-refractivity contribution in [3.63, 3.8) is 0 Å². The lowest BCUT2D eigenvalue weighted by Crippen LogP contribution is -3.00. The number of fused-ring (bicyclic) bond motifs is 1. The van der Waals surface area contributed by atoms with E-state index >= 15 is 0 Å². The van der Waals surface area contributed by atoms with E-state index in [2.05, 4.69) is 22.4 Å². The Hall–Kier alpha value is -1.84. The highest BCUT2D eigenvalue weighted by atomic mass is 35.5. The van der Waals surface area contributed by atoms with Crippen molar-refractivity contribution in [2.45, 2.75) is 13.0 Å². The SMILES string of the molecule is CC(=O)NC1=[C+]C2=C(C=C1)N(C)c1ccccc1C2N.Cl.[Cl-]. The van der Waals surface area contributed by atoms with Crippen LogP contribution in [0.3, 0.4) is 0 Å². The molecular weight excluding hydrogens is 321 g/mol. The van der Waals surface area contributed by atoms with E-state index in [0.29, 0.717) is 5.70 Å². The highest BCUT2D eigenvalue weighted by Gasteiger charge is 2.35. The number of nitrogens with zero attached hydrogens (tertiary/aromatic N) is 1. The zero-order valence-corrected chi connectivity index (χ0v) is 13.8. The van der Waals surface area contributed by atoms with Crippen LogP contribution < -0.4 is 28.4 Å².